The summed E-state index contributed by atoms with van der Waals surface area (Å²) < 4.78 is 32.8. The molecule has 1 aliphatic carbocycles. The number of hydrogen-bond donors (Lipinski definition) is 3. The van der Waals surface area contributed by atoms with Gasteiger partial charge in [-0.3, -0.25) is 14.8 Å². The maximum Gasteiger partial charge on any atom is 0.250 e. The number of benzene rings is 2. The first-order valence-corrected chi connectivity index (χ1v) is 12.5. The van der Waals surface area contributed by atoms with Crippen LogP contribution in [0.2, 0.25) is 0 Å². The Labute approximate surface area is 207 Å². The fourth-order valence-electron chi connectivity index (χ4n) is 5.33. The second-order valence-electron chi connectivity index (χ2n) is 10.00. The van der Waals surface area contributed by atoms with Gasteiger partial charge < -0.3 is 5.11 Å². The second kappa shape index (κ2) is 9.97. The van der Waals surface area contributed by atoms with Gasteiger partial charge in [0, 0.05) is 29.0 Å². The molecular weight excluding hydrogens is 474 g/mol. The number of Topliss-reactive ketones (excluding diaryl/α,β-unsaturated/α-hetero) is 1. The first kappa shape index (κ1) is 25.8. The first-order valence-electron chi connectivity index (χ1n) is 11.7. The highest BCUT2D eigenvalue weighted by atomic mass is 32.2. The Bertz CT molecular complexity index is 1100. The number of ketones is 1. The van der Waals surface area contributed by atoms with Crippen molar-refractivity contribution < 1.29 is 28.7 Å². The molecule has 1 saturated heterocycles. The Balaban J connectivity index is 1.58. The van der Waals surface area contributed by atoms with Crippen LogP contribution >= 0.6 is 11.9 Å². The minimum atomic E-state index is -1.52. The van der Waals surface area contributed by atoms with Crippen LogP contribution in [0.5, 0.6) is 0 Å². The third kappa shape index (κ3) is 5.28. The molecule has 35 heavy (non-hydrogen) atoms. The molecule has 0 spiro atoms. The summed E-state index contributed by atoms with van der Waals surface area (Å²) in [5, 5.41) is 19.3. The van der Waals surface area contributed by atoms with E-state index in [2.05, 4.69) is 23.4 Å². The topological polar surface area (TPSA) is 89.9 Å². The van der Waals surface area contributed by atoms with Crippen molar-refractivity contribution in [2.75, 3.05) is 0 Å². The van der Waals surface area contributed by atoms with Crippen LogP contribution in [0.1, 0.15) is 67.9 Å². The summed E-state index contributed by atoms with van der Waals surface area (Å²) in [6, 6.07) is 12.4. The van der Waals surface area contributed by atoms with Gasteiger partial charge in [0.05, 0.1) is 17.4 Å². The van der Waals surface area contributed by atoms with Crippen molar-refractivity contribution in [2.45, 2.75) is 74.8 Å². The lowest BCUT2D eigenvalue weighted by Crippen LogP contribution is -2.58. The highest BCUT2D eigenvalue weighted by Gasteiger charge is 2.57. The zero-order valence-corrected chi connectivity index (χ0v) is 20.6. The Morgan fingerprint density at radius 2 is 1.83 bits per heavy atom. The molecule has 1 heterocycles. The monoisotopic (exact) mass is 504 g/mol. The molecule has 1 saturated carbocycles. The maximum atomic E-state index is 15.4. The molecule has 1 amide bonds. The zero-order chi connectivity index (χ0) is 25.4. The summed E-state index contributed by atoms with van der Waals surface area (Å²) in [4.78, 5) is 24.5. The standard InChI is InChI=1S/C26H30F2N2O4S/c1-16-8-9-22(17-6-4-3-5-7-17)35-30(16)13-18-10-21(28)19(11-20(18)27)26(14-25(2,33)15-26)23(31)12-24(32)29-34/h3-7,10-11,16,22,33-34H,8-9,12-15H2,1-2H3,(H,29,32)/t16-,22+,25-,26-/m0/s1. The Hall–Kier alpha value is -2.33. The SMILES string of the molecule is C[C@H]1CC[C@H](c2ccccc2)SN1Cc1cc(F)c([C@]2(C(=O)CC(=O)NO)C[C@](C)(O)C2)cc1F. The summed E-state index contributed by atoms with van der Waals surface area (Å²) >= 11 is 1.63. The molecule has 6 nitrogen and oxygen atoms in total. The predicted octanol–water partition coefficient (Wildman–Crippen LogP) is 4.59. The van der Waals surface area contributed by atoms with Crippen LogP contribution in [-0.2, 0) is 21.5 Å². The number of halogens is 2. The number of aliphatic hydroxyl groups is 1. The van der Waals surface area contributed by atoms with Crippen molar-refractivity contribution >= 4 is 23.6 Å². The molecule has 4 rings (SSSR count). The fraction of sp³-hybridized carbons (Fsp3) is 0.462. The van der Waals surface area contributed by atoms with Crippen LogP contribution in [-0.4, -0.2) is 38.0 Å². The van der Waals surface area contributed by atoms with Gasteiger partial charge in [0.25, 0.3) is 5.91 Å². The van der Waals surface area contributed by atoms with Gasteiger partial charge in [-0.15, -0.1) is 0 Å². The van der Waals surface area contributed by atoms with E-state index in [0.29, 0.717) is 0 Å². The average molecular weight is 505 g/mol. The van der Waals surface area contributed by atoms with Gasteiger partial charge in [-0.2, -0.15) is 0 Å². The normalized spacial score (nSPS) is 28.9. The molecule has 1 aliphatic heterocycles. The summed E-state index contributed by atoms with van der Waals surface area (Å²) in [6.45, 7) is 3.77. The van der Waals surface area contributed by atoms with Crippen molar-refractivity contribution in [3.63, 3.8) is 0 Å². The number of amides is 1. The molecule has 9 heteroatoms. The van der Waals surface area contributed by atoms with Gasteiger partial charge in [0.1, 0.15) is 11.6 Å². The van der Waals surface area contributed by atoms with E-state index in [1.54, 1.807) is 11.9 Å². The Morgan fingerprint density at radius 3 is 2.46 bits per heavy atom. The van der Waals surface area contributed by atoms with Crippen molar-refractivity contribution in [2.24, 2.45) is 0 Å². The maximum absolute atomic E-state index is 15.4. The second-order valence-corrected chi connectivity index (χ2v) is 11.2. The lowest BCUT2D eigenvalue weighted by Gasteiger charge is -2.51. The van der Waals surface area contributed by atoms with Crippen molar-refractivity contribution in [1.29, 1.82) is 0 Å². The number of carbonyl (C=O) groups excluding carboxylic acids is 2. The number of nitrogens with one attached hydrogen (secondary N) is 1. The molecule has 0 aromatic heterocycles. The molecule has 188 valence electrons. The van der Waals surface area contributed by atoms with Gasteiger partial charge >= 0.3 is 0 Å². The van der Waals surface area contributed by atoms with E-state index in [9.17, 15) is 14.7 Å². The smallest absolute Gasteiger partial charge is 0.250 e. The quantitative estimate of drug-likeness (QED) is 0.221. The summed E-state index contributed by atoms with van der Waals surface area (Å²) in [7, 11) is 0. The molecule has 2 aromatic rings. The highest BCUT2D eigenvalue weighted by Crippen LogP contribution is 2.52. The van der Waals surface area contributed by atoms with Crippen LogP contribution < -0.4 is 5.48 Å². The molecule has 2 aromatic carbocycles. The number of carbonyl (C=O) groups is 2. The lowest BCUT2D eigenvalue weighted by molar-refractivity contribution is -0.147. The van der Waals surface area contributed by atoms with E-state index in [0.717, 1.165) is 25.0 Å². The van der Waals surface area contributed by atoms with Gasteiger partial charge in [0.2, 0.25) is 0 Å². The van der Waals surface area contributed by atoms with E-state index in [1.165, 1.54) is 18.0 Å². The van der Waals surface area contributed by atoms with E-state index >= 15 is 8.78 Å². The van der Waals surface area contributed by atoms with E-state index < -0.39 is 40.8 Å². The van der Waals surface area contributed by atoms with Crippen LogP contribution in [0.15, 0.2) is 42.5 Å². The lowest BCUT2D eigenvalue weighted by atomic mass is 9.54. The van der Waals surface area contributed by atoms with Crippen LogP contribution in [0.25, 0.3) is 0 Å². The minimum Gasteiger partial charge on any atom is -0.390 e. The van der Waals surface area contributed by atoms with Crippen LogP contribution in [0.4, 0.5) is 8.78 Å². The largest absolute Gasteiger partial charge is 0.390 e. The molecule has 3 N–H and O–H groups in total. The number of hydroxylamine groups is 1. The van der Waals surface area contributed by atoms with E-state index in [-0.39, 0.29) is 41.8 Å². The molecule has 0 radical (unpaired) electrons. The molecule has 2 fully saturated rings. The number of nitrogens with zero attached hydrogens (tertiary/aromatic N) is 1. The Morgan fingerprint density at radius 1 is 1.14 bits per heavy atom. The van der Waals surface area contributed by atoms with Gasteiger partial charge in [-0.25, -0.2) is 18.6 Å². The number of hydrogen-bond acceptors (Lipinski definition) is 6. The number of rotatable bonds is 7. The summed E-state index contributed by atoms with van der Waals surface area (Å²) in [6.07, 6.45) is 0.955. The van der Waals surface area contributed by atoms with Gasteiger partial charge in [-0.1, -0.05) is 42.3 Å². The molecule has 2 aliphatic rings. The highest BCUT2D eigenvalue weighted by molar-refractivity contribution is 7.97. The molecule has 0 bridgehead atoms. The molecular formula is C26H30F2N2O4S. The van der Waals surface area contributed by atoms with Crippen molar-refractivity contribution in [3.8, 4) is 0 Å². The first-order chi connectivity index (χ1) is 16.5. The predicted molar refractivity (Wildman–Crippen MR) is 128 cm³/mol. The zero-order valence-electron chi connectivity index (χ0n) is 19.8. The minimum absolute atomic E-state index is 0.134. The van der Waals surface area contributed by atoms with Gasteiger partial charge in [-0.05, 0) is 57.2 Å². The Kier molecular flexibility index (Phi) is 7.33. The summed E-state index contributed by atoms with van der Waals surface area (Å²) in [5.74, 6) is -3.00. The van der Waals surface area contributed by atoms with E-state index in [4.69, 9.17) is 5.21 Å². The van der Waals surface area contributed by atoms with Crippen molar-refractivity contribution in [3.05, 3.63) is 70.8 Å². The van der Waals surface area contributed by atoms with E-state index in [1.807, 2.05) is 18.2 Å². The fourth-order valence-corrected chi connectivity index (χ4v) is 6.70. The molecule has 2 atom stereocenters. The van der Waals surface area contributed by atoms with Crippen LogP contribution in [0.3, 0.4) is 0 Å². The summed E-state index contributed by atoms with van der Waals surface area (Å²) in [5.41, 5.74) is -0.157. The van der Waals surface area contributed by atoms with Gasteiger partial charge in [0.15, 0.2) is 5.78 Å². The molecule has 0 unspecified atom stereocenters. The third-order valence-corrected chi connectivity index (χ3v) is 8.62. The average Bonchev–Trinajstić information content (AvgIpc) is 2.81. The third-order valence-electron chi connectivity index (χ3n) is 7.09. The van der Waals surface area contributed by atoms with Crippen molar-refractivity contribution in [1.82, 2.24) is 9.79 Å². The van der Waals surface area contributed by atoms with Crippen LogP contribution in [0, 0.1) is 11.6 Å².